The van der Waals surface area contributed by atoms with Crippen molar-refractivity contribution in [3.63, 3.8) is 0 Å². The summed E-state index contributed by atoms with van der Waals surface area (Å²) in [7, 11) is 0. The largest absolute Gasteiger partial charge is 0.454 e. The predicted octanol–water partition coefficient (Wildman–Crippen LogP) is 11.2. The lowest BCUT2D eigenvalue weighted by Gasteiger charge is -2.38. The van der Waals surface area contributed by atoms with E-state index in [1.165, 1.54) is 27.5 Å². The lowest BCUT2D eigenvalue weighted by Crippen LogP contribution is -2.41. The molecule has 2 unspecified atom stereocenters. The number of benzene rings is 7. The number of furan rings is 1. The topological polar surface area (TPSA) is 42.1 Å². The Balaban J connectivity index is 1.27. The number of nitrogens with zero attached hydrogens (tertiary/aromatic N) is 1. The molecule has 2 atom stereocenters. The van der Waals surface area contributed by atoms with E-state index in [0.29, 0.717) is 0 Å². The van der Waals surface area contributed by atoms with Gasteiger partial charge in [0.15, 0.2) is 5.58 Å². The molecule has 0 aliphatic carbocycles. The van der Waals surface area contributed by atoms with E-state index in [1.807, 2.05) is 0 Å². The van der Waals surface area contributed by atoms with Crippen LogP contribution in [-0.4, -0.2) is 4.57 Å². The highest BCUT2D eigenvalue weighted by Crippen LogP contribution is 2.46. The van der Waals surface area contributed by atoms with Gasteiger partial charge >= 0.3 is 0 Å². The number of nitrogens with one attached hydrogen (secondary N) is 2. The van der Waals surface area contributed by atoms with Crippen LogP contribution < -0.4 is 10.6 Å². The second-order valence-corrected chi connectivity index (χ2v) is 13.0. The molecule has 10 rings (SSSR count). The molecular weight excluding hydrogens is 611 g/mol. The van der Waals surface area contributed by atoms with Gasteiger partial charge in [0.05, 0.1) is 22.8 Å². The summed E-state index contributed by atoms with van der Waals surface area (Å²) >= 11 is 0. The third-order valence-corrected chi connectivity index (χ3v) is 10.1. The van der Waals surface area contributed by atoms with Crippen LogP contribution in [0.5, 0.6) is 0 Å². The van der Waals surface area contributed by atoms with Crippen LogP contribution in [0.2, 0.25) is 0 Å². The minimum Gasteiger partial charge on any atom is -0.454 e. The summed E-state index contributed by atoms with van der Waals surface area (Å²) in [6.07, 6.45) is -0.0948. The maximum absolute atomic E-state index is 6.92. The van der Waals surface area contributed by atoms with Gasteiger partial charge in [-0.2, -0.15) is 0 Å². The van der Waals surface area contributed by atoms with Crippen molar-refractivity contribution in [1.82, 2.24) is 15.2 Å². The van der Waals surface area contributed by atoms with Gasteiger partial charge in [0, 0.05) is 32.8 Å². The molecule has 0 radical (unpaired) electrons. The van der Waals surface area contributed by atoms with E-state index in [0.717, 1.165) is 55.5 Å². The second kappa shape index (κ2) is 11.7. The molecule has 238 valence electrons. The highest BCUT2D eigenvalue weighted by molar-refractivity contribution is 6.16. The molecule has 1 aliphatic heterocycles. The van der Waals surface area contributed by atoms with Crippen LogP contribution in [0.1, 0.15) is 34.5 Å². The number of aromatic nitrogens is 1. The fourth-order valence-electron chi connectivity index (χ4n) is 7.94. The zero-order chi connectivity index (χ0) is 33.0. The third-order valence-electron chi connectivity index (χ3n) is 10.1. The molecule has 4 heteroatoms. The number of hydrogen-bond donors (Lipinski definition) is 2. The van der Waals surface area contributed by atoms with Gasteiger partial charge in [-0.05, 0) is 46.5 Å². The van der Waals surface area contributed by atoms with Crippen LogP contribution in [-0.2, 0) is 0 Å². The lowest BCUT2D eigenvalue weighted by molar-refractivity contribution is 0.452. The summed E-state index contributed by atoms with van der Waals surface area (Å²) in [6.45, 7) is 0. The third kappa shape index (κ3) is 4.50. The molecular formula is C46H33N3O. The molecule has 0 saturated carbocycles. The van der Waals surface area contributed by atoms with E-state index >= 15 is 0 Å². The molecule has 7 aromatic carbocycles. The van der Waals surface area contributed by atoms with E-state index in [4.69, 9.17) is 4.42 Å². The van der Waals surface area contributed by atoms with Gasteiger partial charge in [-0.15, -0.1) is 0 Å². The molecule has 4 nitrogen and oxygen atoms in total. The Kier molecular flexibility index (Phi) is 6.68. The van der Waals surface area contributed by atoms with E-state index < -0.39 is 0 Å². The fraction of sp³-hybridized carbons (Fsp3) is 0.0435. The standard InChI is InChI=1S/C46H33N3O/c1-4-16-30(17-5-1)43-42(44(31-18-6-2-7-19-31)48-46(47-43)32-20-8-3-9-21-32)35-24-15-29-40-41(35)36-25-14-28-39(45(36)50-40)49-37-26-12-10-22-33(37)34-23-11-13-27-38(34)49/h1-29,43,46-48H. The van der Waals surface area contributed by atoms with Crippen molar-refractivity contribution in [2.45, 2.75) is 12.2 Å². The van der Waals surface area contributed by atoms with E-state index in [-0.39, 0.29) is 12.2 Å². The summed E-state index contributed by atoms with van der Waals surface area (Å²) < 4.78 is 9.28. The Morgan fingerprint density at radius 2 is 1.08 bits per heavy atom. The fourth-order valence-corrected chi connectivity index (χ4v) is 7.94. The molecule has 2 aromatic heterocycles. The van der Waals surface area contributed by atoms with Crippen LogP contribution in [0.15, 0.2) is 180 Å². The molecule has 0 spiro atoms. The molecule has 2 N–H and O–H groups in total. The van der Waals surface area contributed by atoms with Gasteiger partial charge in [0.2, 0.25) is 0 Å². The van der Waals surface area contributed by atoms with Crippen molar-refractivity contribution in [2.24, 2.45) is 0 Å². The first-order valence-corrected chi connectivity index (χ1v) is 17.2. The Morgan fingerprint density at radius 3 is 1.78 bits per heavy atom. The molecule has 0 fully saturated rings. The van der Waals surface area contributed by atoms with Crippen LogP contribution in [0.25, 0.3) is 60.7 Å². The zero-order valence-electron chi connectivity index (χ0n) is 27.3. The van der Waals surface area contributed by atoms with E-state index in [9.17, 15) is 0 Å². The molecule has 3 heterocycles. The van der Waals surface area contributed by atoms with Gasteiger partial charge in [-0.25, -0.2) is 0 Å². The van der Waals surface area contributed by atoms with Crippen LogP contribution in [0.3, 0.4) is 0 Å². The smallest absolute Gasteiger partial charge is 0.159 e. The maximum atomic E-state index is 6.92. The van der Waals surface area contributed by atoms with Gasteiger partial charge in [0.1, 0.15) is 11.7 Å². The maximum Gasteiger partial charge on any atom is 0.159 e. The van der Waals surface area contributed by atoms with Crippen molar-refractivity contribution in [3.05, 3.63) is 198 Å². The Labute approximate surface area is 289 Å². The number of fused-ring (bicyclic) bond motifs is 6. The average Bonchev–Trinajstić information content (AvgIpc) is 3.75. The molecule has 0 saturated heterocycles. The summed E-state index contributed by atoms with van der Waals surface area (Å²) in [5, 5.41) is 12.6. The highest BCUT2D eigenvalue weighted by Gasteiger charge is 2.33. The number of rotatable bonds is 5. The van der Waals surface area contributed by atoms with Crippen molar-refractivity contribution < 1.29 is 4.42 Å². The Bertz CT molecular complexity index is 2650. The van der Waals surface area contributed by atoms with Crippen molar-refractivity contribution in [1.29, 1.82) is 0 Å². The van der Waals surface area contributed by atoms with Crippen molar-refractivity contribution in [3.8, 4) is 5.69 Å². The molecule has 0 bridgehead atoms. The van der Waals surface area contributed by atoms with E-state index in [1.54, 1.807) is 0 Å². The van der Waals surface area contributed by atoms with E-state index in [2.05, 4.69) is 191 Å². The SMILES string of the molecule is c1ccc(C2=C(c3cccc4oc5c(-n6c7ccccc7c7ccccc76)cccc5c34)C(c3ccccc3)NC(c3ccccc3)N2)cc1. The number of hydrogen-bond acceptors (Lipinski definition) is 3. The minimum absolute atomic E-state index is 0.0948. The van der Waals surface area contributed by atoms with Crippen molar-refractivity contribution in [2.75, 3.05) is 0 Å². The predicted molar refractivity (Wildman–Crippen MR) is 206 cm³/mol. The van der Waals surface area contributed by atoms with Gasteiger partial charge in [0.25, 0.3) is 0 Å². The van der Waals surface area contributed by atoms with Crippen LogP contribution in [0, 0.1) is 0 Å². The first-order chi connectivity index (χ1) is 24.8. The zero-order valence-corrected chi connectivity index (χ0v) is 27.3. The minimum atomic E-state index is -0.103. The molecule has 0 amide bonds. The second-order valence-electron chi connectivity index (χ2n) is 13.0. The summed E-state index contributed by atoms with van der Waals surface area (Å²) in [6, 6.07) is 62.3. The van der Waals surface area contributed by atoms with Crippen molar-refractivity contribution >= 4 is 55.0 Å². The summed E-state index contributed by atoms with van der Waals surface area (Å²) in [4.78, 5) is 0. The van der Waals surface area contributed by atoms with Crippen LogP contribution in [0.4, 0.5) is 0 Å². The highest BCUT2D eigenvalue weighted by atomic mass is 16.3. The Hall–Kier alpha value is -6.36. The first-order valence-electron chi connectivity index (χ1n) is 17.2. The molecule has 1 aliphatic rings. The summed E-state index contributed by atoms with van der Waals surface area (Å²) in [5.74, 6) is 0. The monoisotopic (exact) mass is 643 g/mol. The molecule has 50 heavy (non-hydrogen) atoms. The quantitative estimate of drug-likeness (QED) is 0.196. The average molecular weight is 644 g/mol. The lowest BCUT2D eigenvalue weighted by atomic mass is 9.85. The summed E-state index contributed by atoms with van der Waals surface area (Å²) in [5.41, 5.74) is 12.0. The Morgan fingerprint density at radius 1 is 0.500 bits per heavy atom. The first kappa shape index (κ1) is 28.6. The normalized spacial score (nSPS) is 16.4. The van der Waals surface area contributed by atoms with Gasteiger partial charge in [-0.1, -0.05) is 152 Å². The van der Waals surface area contributed by atoms with Gasteiger partial charge in [-0.3, -0.25) is 5.32 Å². The molecule has 9 aromatic rings. The van der Waals surface area contributed by atoms with Crippen LogP contribution >= 0.6 is 0 Å². The van der Waals surface area contributed by atoms with Gasteiger partial charge < -0.3 is 14.3 Å². The number of para-hydroxylation sites is 3.